The van der Waals surface area contributed by atoms with E-state index >= 15 is 0 Å². The molecule has 27 heavy (non-hydrogen) atoms. The van der Waals surface area contributed by atoms with E-state index in [0.717, 1.165) is 5.56 Å². The molecule has 0 fully saturated rings. The first-order valence-corrected chi connectivity index (χ1v) is 8.03. The molecule has 0 aliphatic carbocycles. The van der Waals surface area contributed by atoms with Crippen LogP contribution >= 0.6 is 0 Å². The predicted molar refractivity (Wildman–Crippen MR) is 95.3 cm³/mol. The van der Waals surface area contributed by atoms with Crippen LogP contribution in [0, 0.1) is 0 Å². The Morgan fingerprint density at radius 1 is 1.22 bits per heavy atom. The molecule has 0 atom stereocenters. The van der Waals surface area contributed by atoms with Gasteiger partial charge in [-0.1, -0.05) is 12.1 Å². The van der Waals surface area contributed by atoms with Gasteiger partial charge in [-0.25, -0.2) is 14.4 Å². The van der Waals surface area contributed by atoms with Crippen molar-refractivity contribution in [3.8, 4) is 5.75 Å². The summed E-state index contributed by atoms with van der Waals surface area (Å²) in [5.41, 5.74) is 1.98. The molecule has 2 aromatic carbocycles. The molecule has 3 rings (SSSR count). The molecule has 0 radical (unpaired) electrons. The summed E-state index contributed by atoms with van der Waals surface area (Å²) >= 11 is 0. The molecule has 0 spiro atoms. The van der Waals surface area contributed by atoms with Gasteiger partial charge in [0.05, 0.1) is 18.7 Å². The number of carbonyl (C=O) groups is 2. The fourth-order valence-corrected chi connectivity index (χ4v) is 2.58. The van der Waals surface area contributed by atoms with Gasteiger partial charge in [0.2, 0.25) is 0 Å². The molecule has 2 N–H and O–H groups in total. The maximum absolute atomic E-state index is 12.2. The smallest absolute Gasteiger partial charge is 0.450 e. The van der Waals surface area contributed by atoms with E-state index in [2.05, 4.69) is 10.1 Å². The van der Waals surface area contributed by atoms with Gasteiger partial charge in [-0.2, -0.15) is 0 Å². The van der Waals surface area contributed by atoms with Gasteiger partial charge in [0.15, 0.2) is 5.58 Å². The summed E-state index contributed by atoms with van der Waals surface area (Å²) in [7, 11) is 0. The minimum atomic E-state index is -1.46. The van der Waals surface area contributed by atoms with Crippen LogP contribution in [0.3, 0.4) is 0 Å². The van der Waals surface area contributed by atoms with Gasteiger partial charge < -0.3 is 19.0 Å². The first-order valence-electron chi connectivity index (χ1n) is 8.03. The molecule has 0 aliphatic heterocycles. The second-order valence-electron chi connectivity index (χ2n) is 5.50. The molecule has 3 aromatic rings. The average molecular weight is 372 g/mol. The number of ether oxygens (including phenoxy) is 2. The summed E-state index contributed by atoms with van der Waals surface area (Å²) in [4.78, 5) is 34.3. The van der Waals surface area contributed by atoms with Crippen molar-refractivity contribution in [1.29, 1.82) is 0 Å². The molecule has 0 saturated heterocycles. The van der Waals surface area contributed by atoms with Crippen LogP contribution in [-0.4, -0.2) is 28.5 Å². The molecule has 9 nitrogen and oxygen atoms in total. The van der Waals surface area contributed by atoms with Crippen LogP contribution in [0.4, 0.5) is 15.3 Å². The van der Waals surface area contributed by atoms with Crippen molar-refractivity contribution in [2.75, 3.05) is 11.9 Å². The van der Waals surface area contributed by atoms with E-state index in [0.29, 0.717) is 11.2 Å². The van der Waals surface area contributed by atoms with Crippen molar-refractivity contribution in [2.45, 2.75) is 13.5 Å². The third-order valence-electron chi connectivity index (χ3n) is 3.63. The molecule has 0 aliphatic rings. The van der Waals surface area contributed by atoms with Crippen LogP contribution < -0.4 is 15.8 Å². The minimum Gasteiger partial charge on any atom is -0.450 e. The lowest BCUT2D eigenvalue weighted by atomic mass is 10.2. The zero-order valence-corrected chi connectivity index (χ0v) is 14.3. The van der Waals surface area contributed by atoms with E-state index in [-0.39, 0.29) is 24.5 Å². The number of hydrogen-bond acceptors (Lipinski definition) is 6. The van der Waals surface area contributed by atoms with Crippen LogP contribution in [0.25, 0.3) is 11.1 Å². The number of amides is 1. The normalized spacial score (nSPS) is 10.6. The zero-order valence-electron chi connectivity index (χ0n) is 14.3. The standard InChI is InChI=1S/C18H16N2O7/c1-2-25-16(21)19-12-5-3-4-11(8-12)10-20-14-7-6-13(26-18(23)24)9-15(14)27-17(20)22/h3-9H,2,10H2,1H3,(H,19,21)(H,23,24). The minimum absolute atomic E-state index is 0.0523. The lowest BCUT2D eigenvalue weighted by Crippen LogP contribution is -2.16. The second-order valence-corrected chi connectivity index (χ2v) is 5.50. The summed E-state index contributed by atoms with van der Waals surface area (Å²) in [6.45, 7) is 2.16. The molecule has 0 bridgehead atoms. The molecule has 1 heterocycles. The number of carbonyl (C=O) groups excluding carboxylic acids is 1. The monoisotopic (exact) mass is 372 g/mol. The van der Waals surface area contributed by atoms with Gasteiger partial charge in [0.25, 0.3) is 0 Å². The fourth-order valence-electron chi connectivity index (χ4n) is 2.58. The van der Waals surface area contributed by atoms with Gasteiger partial charge in [-0.3, -0.25) is 9.88 Å². The van der Waals surface area contributed by atoms with Crippen molar-refractivity contribution >= 4 is 29.0 Å². The van der Waals surface area contributed by atoms with E-state index in [1.165, 1.54) is 16.7 Å². The highest BCUT2D eigenvalue weighted by Gasteiger charge is 2.12. The zero-order chi connectivity index (χ0) is 19.4. The Balaban J connectivity index is 1.86. The van der Waals surface area contributed by atoms with Gasteiger partial charge in [0.1, 0.15) is 5.75 Å². The number of rotatable bonds is 5. The summed E-state index contributed by atoms with van der Waals surface area (Å²) < 4.78 is 15.9. The summed E-state index contributed by atoms with van der Waals surface area (Å²) in [5, 5.41) is 11.3. The van der Waals surface area contributed by atoms with Crippen LogP contribution in [0.5, 0.6) is 5.75 Å². The summed E-state index contributed by atoms with van der Waals surface area (Å²) in [6, 6.07) is 11.3. The Labute approximate surface area is 152 Å². The van der Waals surface area contributed by atoms with Crippen molar-refractivity contribution in [3.63, 3.8) is 0 Å². The molecule has 9 heteroatoms. The molecule has 0 saturated carbocycles. The third kappa shape index (κ3) is 4.27. The number of oxazole rings is 1. The molecule has 1 amide bonds. The van der Waals surface area contributed by atoms with Crippen molar-refractivity contribution in [3.05, 3.63) is 58.6 Å². The molecule has 0 unspecified atom stereocenters. The fraction of sp³-hybridized carbons (Fsp3) is 0.167. The van der Waals surface area contributed by atoms with E-state index in [9.17, 15) is 14.4 Å². The number of hydrogen-bond donors (Lipinski definition) is 2. The Morgan fingerprint density at radius 3 is 2.78 bits per heavy atom. The lowest BCUT2D eigenvalue weighted by Gasteiger charge is -2.08. The number of anilines is 1. The van der Waals surface area contributed by atoms with Gasteiger partial charge in [-0.05, 0) is 36.8 Å². The largest absolute Gasteiger partial charge is 0.511 e. The van der Waals surface area contributed by atoms with Crippen LogP contribution in [0.1, 0.15) is 12.5 Å². The molecule has 1 aromatic heterocycles. The Morgan fingerprint density at radius 2 is 2.04 bits per heavy atom. The lowest BCUT2D eigenvalue weighted by molar-refractivity contribution is 0.144. The highest BCUT2D eigenvalue weighted by Crippen LogP contribution is 2.21. The number of benzene rings is 2. The Bertz CT molecular complexity index is 1050. The van der Waals surface area contributed by atoms with Gasteiger partial charge in [-0.15, -0.1) is 0 Å². The Kier molecular flexibility index (Phi) is 5.11. The topological polar surface area (TPSA) is 120 Å². The van der Waals surface area contributed by atoms with Crippen molar-refractivity contribution in [2.24, 2.45) is 0 Å². The number of nitrogens with one attached hydrogen (secondary N) is 1. The highest BCUT2D eigenvalue weighted by molar-refractivity contribution is 5.84. The van der Waals surface area contributed by atoms with Crippen LogP contribution in [-0.2, 0) is 11.3 Å². The van der Waals surface area contributed by atoms with Crippen LogP contribution in [0.15, 0.2) is 51.7 Å². The van der Waals surface area contributed by atoms with Gasteiger partial charge in [0, 0.05) is 11.8 Å². The van der Waals surface area contributed by atoms with Crippen LogP contribution in [0.2, 0.25) is 0 Å². The molecular weight excluding hydrogens is 356 g/mol. The Hall–Kier alpha value is -3.75. The number of carboxylic acid groups (broad SMARTS) is 1. The quantitative estimate of drug-likeness (QED) is 0.521. The maximum atomic E-state index is 12.2. The van der Waals surface area contributed by atoms with Gasteiger partial charge >= 0.3 is 18.0 Å². The second kappa shape index (κ2) is 7.65. The third-order valence-corrected chi connectivity index (χ3v) is 3.63. The molecular formula is C18H16N2O7. The predicted octanol–water partition coefficient (Wildman–Crippen LogP) is 3.27. The van der Waals surface area contributed by atoms with E-state index < -0.39 is 18.0 Å². The highest BCUT2D eigenvalue weighted by atomic mass is 16.7. The average Bonchev–Trinajstić information content (AvgIpc) is 2.90. The first kappa shape index (κ1) is 18.1. The summed E-state index contributed by atoms with van der Waals surface area (Å²) in [6.07, 6.45) is -2.02. The molecule has 140 valence electrons. The first-order chi connectivity index (χ1) is 13.0. The van der Waals surface area contributed by atoms with Crippen molar-refractivity contribution < 1.29 is 28.6 Å². The number of aromatic nitrogens is 1. The van der Waals surface area contributed by atoms with E-state index in [4.69, 9.17) is 14.3 Å². The van der Waals surface area contributed by atoms with E-state index in [1.54, 1.807) is 37.3 Å². The number of nitrogens with zero attached hydrogens (tertiary/aromatic N) is 1. The van der Waals surface area contributed by atoms with Crippen molar-refractivity contribution in [1.82, 2.24) is 4.57 Å². The maximum Gasteiger partial charge on any atom is 0.511 e. The number of fused-ring (bicyclic) bond motifs is 1. The summed E-state index contributed by atoms with van der Waals surface area (Å²) in [5.74, 6) is -0.544. The van der Waals surface area contributed by atoms with E-state index in [1.807, 2.05) is 0 Å². The SMILES string of the molecule is CCOC(=O)Nc1cccc(Cn2c(=O)oc3cc(OC(=O)O)ccc32)c1.